The fraction of sp³-hybridized carbons (Fsp3) is 0.636. The molecule has 2 heterocycles. The largest absolute Gasteiger partial charge is 0.496 e. The van der Waals surface area contributed by atoms with Crippen molar-refractivity contribution in [2.24, 2.45) is 0 Å². The third-order valence-electron chi connectivity index (χ3n) is 2.91. The van der Waals surface area contributed by atoms with Gasteiger partial charge in [0.15, 0.2) is 0 Å². The minimum atomic E-state index is 0.616. The van der Waals surface area contributed by atoms with Crippen molar-refractivity contribution in [1.29, 1.82) is 0 Å². The van der Waals surface area contributed by atoms with Crippen LogP contribution in [0.3, 0.4) is 0 Å². The van der Waals surface area contributed by atoms with Gasteiger partial charge in [0.1, 0.15) is 5.75 Å². The van der Waals surface area contributed by atoms with E-state index in [1.165, 1.54) is 4.88 Å². The Hall–Kier alpha value is -0.580. The molecule has 2 rings (SSSR count). The van der Waals surface area contributed by atoms with Crippen LogP contribution in [0.4, 0.5) is 0 Å². The quantitative estimate of drug-likeness (QED) is 0.846. The van der Waals surface area contributed by atoms with Crippen LogP contribution in [0.2, 0.25) is 0 Å². The topological polar surface area (TPSA) is 24.5 Å². The first kappa shape index (κ1) is 10.9. The average molecular weight is 226 g/mol. The summed E-state index contributed by atoms with van der Waals surface area (Å²) in [6.45, 7) is 6.60. The van der Waals surface area contributed by atoms with Gasteiger partial charge >= 0.3 is 0 Å². The molecule has 0 radical (unpaired) electrons. The first-order chi connectivity index (χ1) is 7.31. The van der Waals surface area contributed by atoms with Crippen LogP contribution in [0.5, 0.6) is 5.75 Å². The molecule has 0 aromatic carbocycles. The zero-order valence-electron chi connectivity index (χ0n) is 9.32. The minimum Gasteiger partial charge on any atom is -0.496 e. The van der Waals surface area contributed by atoms with Gasteiger partial charge in [-0.25, -0.2) is 0 Å². The second-order valence-electron chi connectivity index (χ2n) is 3.94. The smallest absolute Gasteiger partial charge is 0.134 e. The molecule has 1 aliphatic heterocycles. The zero-order valence-corrected chi connectivity index (χ0v) is 10.1. The van der Waals surface area contributed by atoms with Gasteiger partial charge in [-0.2, -0.15) is 0 Å². The number of nitrogens with zero attached hydrogens (tertiary/aromatic N) is 1. The highest BCUT2D eigenvalue weighted by molar-refractivity contribution is 7.10. The van der Waals surface area contributed by atoms with E-state index in [1.54, 1.807) is 18.4 Å². The summed E-state index contributed by atoms with van der Waals surface area (Å²) in [6, 6.07) is 2.66. The third-order valence-corrected chi connectivity index (χ3v) is 3.80. The number of methoxy groups -OCH3 is 1. The summed E-state index contributed by atoms with van der Waals surface area (Å²) >= 11 is 1.78. The lowest BCUT2D eigenvalue weighted by Gasteiger charge is -2.33. The second kappa shape index (κ2) is 4.96. The van der Waals surface area contributed by atoms with E-state index >= 15 is 0 Å². The highest BCUT2D eigenvalue weighted by Gasteiger charge is 2.19. The SMILES string of the molecule is COc1ccsc1CN1CCNC[C@H]1C. The van der Waals surface area contributed by atoms with Crippen molar-refractivity contribution in [3.63, 3.8) is 0 Å². The van der Waals surface area contributed by atoms with Crippen molar-refractivity contribution in [2.75, 3.05) is 26.7 Å². The molecule has 0 saturated carbocycles. The molecule has 0 spiro atoms. The van der Waals surface area contributed by atoms with Crippen molar-refractivity contribution in [2.45, 2.75) is 19.5 Å². The van der Waals surface area contributed by atoms with Gasteiger partial charge in [0.05, 0.1) is 12.0 Å². The Balaban J connectivity index is 2.01. The number of hydrogen-bond donors (Lipinski definition) is 1. The summed E-state index contributed by atoms with van der Waals surface area (Å²) < 4.78 is 5.33. The maximum Gasteiger partial charge on any atom is 0.134 e. The van der Waals surface area contributed by atoms with Gasteiger partial charge < -0.3 is 10.1 Å². The van der Waals surface area contributed by atoms with E-state index in [1.807, 2.05) is 6.07 Å². The number of nitrogens with one attached hydrogen (secondary N) is 1. The van der Waals surface area contributed by atoms with Crippen molar-refractivity contribution < 1.29 is 4.74 Å². The summed E-state index contributed by atoms with van der Waals surface area (Å²) in [7, 11) is 1.74. The van der Waals surface area contributed by atoms with E-state index < -0.39 is 0 Å². The third kappa shape index (κ3) is 2.51. The summed E-state index contributed by atoms with van der Waals surface area (Å²) in [5.74, 6) is 1.03. The van der Waals surface area contributed by atoms with Crippen LogP contribution in [0, 0.1) is 0 Å². The Bertz CT molecular complexity index is 313. The van der Waals surface area contributed by atoms with Crippen molar-refractivity contribution >= 4 is 11.3 Å². The van der Waals surface area contributed by atoms with Crippen LogP contribution in [0.1, 0.15) is 11.8 Å². The van der Waals surface area contributed by atoms with Crippen LogP contribution in [-0.2, 0) is 6.54 Å². The van der Waals surface area contributed by atoms with Crippen molar-refractivity contribution in [3.05, 3.63) is 16.3 Å². The Morgan fingerprint density at radius 1 is 1.67 bits per heavy atom. The number of thiophene rings is 1. The predicted octanol–water partition coefficient (Wildman–Crippen LogP) is 1.55. The summed E-state index contributed by atoms with van der Waals surface area (Å²) in [5.41, 5.74) is 0. The normalized spacial score (nSPS) is 22.9. The van der Waals surface area contributed by atoms with E-state index in [0.29, 0.717) is 6.04 Å². The van der Waals surface area contributed by atoms with Crippen LogP contribution < -0.4 is 10.1 Å². The molecule has 4 heteroatoms. The van der Waals surface area contributed by atoms with Crippen molar-refractivity contribution in [3.8, 4) is 5.75 Å². The summed E-state index contributed by atoms with van der Waals surface area (Å²) in [4.78, 5) is 3.84. The molecule has 84 valence electrons. The van der Waals surface area contributed by atoms with Crippen LogP contribution in [-0.4, -0.2) is 37.7 Å². The number of hydrogen-bond acceptors (Lipinski definition) is 4. The molecule has 1 atom stereocenters. The fourth-order valence-corrected chi connectivity index (χ4v) is 2.79. The van der Waals surface area contributed by atoms with Gasteiger partial charge in [-0.15, -0.1) is 11.3 Å². The van der Waals surface area contributed by atoms with Crippen LogP contribution in [0.25, 0.3) is 0 Å². The molecule has 0 aliphatic carbocycles. The van der Waals surface area contributed by atoms with Crippen LogP contribution in [0.15, 0.2) is 11.4 Å². The fourth-order valence-electron chi connectivity index (χ4n) is 1.93. The van der Waals surface area contributed by atoms with Gasteiger partial charge in [-0.05, 0) is 18.4 Å². The lowest BCUT2D eigenvalue weighted by atomic mass is 10.2. The standard InChI is InChI=1S/C11H18N2OS/c1-9-7-12-4-5-13(9)8-11-10(14-2)3-6-15-11/h3,6,9,12H,4-5,7-8H2,1-2H3/t9-/m1/s1. The molecular weight excluding hydrogens is 208 g/mol. The number of ether oxygens (including phenoxy) is 1. The first-order valence-electron chi connectivity index (χ1n) is 5.36. The number of rotatable bonds is 3. The van der Waals surface area contributed by atoms with Gasteiger partial charge in [-0.1, -0.05) is 0 Å². The highest BCUT2D eigenvalue weighted by atomic mass is 32.1. The molecule has 0 amide bonds. The van der Waals surface area contributed by atoms with E-state index in [4.69, 9.17) is 4.74 Å². The molecule has 1 N–H and O–H groups in total. The number of piperazine rings is 1. The van der Waals surface area contributed by atoms with Gasteiger partial charge in [-0.3, -0.25) is 4.90 Å². The lowest BCUT2D eigenvalue weighted by molar-refractivity contribution is 0.165. The monoisotopic (exact) mass is 226 g/mol. The second-order valence-corrected chi connectivity index (χ2v) is 4.94. The molecule has 1 aliphatic rings. The molecule has 15 heavy (non-hydrogen) atoms. The van der Waals surface area contributed by atoms with E-state index in [-0.39, 0.29) is 0 Å². The van der Waals surface area contributed by atoms with Gasteiger partial charge in [0, 0.05) is 32.2 Å². The first-order valence-corrected chi connectivity index (χ1v) is 6.24. The Morgan fingerprint density at radius 2 is 2.53 bits per heavy atom. The maximum absolute atomic E-state index is 5.33. The van der Waals surface area contributed by atoms with Gasteiger partial charge in [0.25, 0.3) is 0 Å². The molecule has 1 aromatic heterocycles. The Morgan fingerprint density at radius 3 is 3.27 bits per heavy atom. The molecular formula is C11H18N2OS. The summed E-state index contributed by atoms with van der Waals surface area (Å²) in [5, 5.41) is 5.50. The highest BCUT2D eigenvalue weighted by Crippen LogP contribution is 2.26. The van der Waals surface area contributed by atoms with Crippen molar-refractivity contribution in [1.82, 2.24) is 10.2 Å². The molecule has 0 bridgehead atoms. The summed E-state index contributed by atoms with van der Waals surface area (Å²) in [6.07, 6.45) is 0. The Kier molecular flexibility index (Phi) is 3.61. The lowest BCUT2D eigenvalue weighted by Crippen LogP contribution is -2.49. The average Bonchev–Trinajstić information content (AvgIpc) is 2.69. The van der Waals surface area contributed by atoms with E-state index in [2.05, 4.69) is 22.5 Å². The molecule has 1 fully saturated rings. The molecule has 1 saturated heterocycles. The van der Waals surface area contributed by atoms with Crippen LogP contribution >= 0.6 is 11.3 Å². The minimum absolute atomic E-state index is 0.616. The molecule has 0 unspecified atom stereocenters. The van der Waals surface area contributed by atoms with Gasteiger partial charge in [0.2, 0.25) is 0 Å². The molecule has 3 nitrogen and oxygen atoms in total. The Labute approximate surface area is 95.0 Å². The predicted molar refractivity (Wildman–Crippen MR) is 63.6 cm³/mol. The van der Waals surface area contributed by atoms with E-state index in [9.17, 15) is 0 Å². The maximum atomic E-state index is 5.33. The van der Waals surface area contributed by atoms with E-state index in [0.717, 1.165) is 31.9 Å². The zero-order chi connectivity index (χ0) is 10.7. The molecule has 1 aromatic rings.